The first-order valence-corrected chi connectivity index (χ1v) is 13.6. The van der Waals surface area contributed by atoms with Crippen molar-refractivity contribution in [2.75, 3.05) is 32.4 Å². The van der Waals surface area contributed by atoms with Crippen LogP contribution in [0.3, 0.4) is 0 Å². The van der Waals surface area contributed by atoms with Gasteiger partial charge in [0.05, 0.1) is 18.6 Å². The summed E-state index contributed by atoms with van der Waals surface area (Å²) in [4.78, 5) is 23.5. The van der Waals surface area contributed by atoms with Crippen LogP contribution in [-0.4, -0.2) is 72.8 Å². The number of nitrogens with two attached hydrogens (primary N) is 2. The number of allylic oxidation sites excluding steroid dienone is 1. The Labute approximate surface area is 202 Å². The summed E-state index contributed by atoms with van der Waals surface area (Å²) >= 11 is 1.92. The average molecular weight is 482 g/mol. The minimum Gasteiger partial charge on any atom is -0.390 e. The Bertz CT molecular complexity index is 684. The highest BCUT2D eigenvalue weighted by Crippen LogP contribution is 2.33. The number of likely N-dealkylation sites (N-methyl/N-ethyl adjacent to an activating group) is 1. The second-order valence-corrected chi connectivity index (χ2v) is 10.9. The summed E-state index contributed by atoms with van der Waals surface area (Å²) in [5.41, 5.74) is 8.99. The highest BCUT2D eigenvalue weighted by Gasteiger charge is 2.42. The Morgan fingerprint density at radius 3 is 2.79 bits per heavy atom. The average Bonchev–Trinajstić information content (AvgIpc) is 3.28. The number of fused-ring (bicyclic) bond motifs is 1. The van der Waals surface area contributed by atoms with Gasteiger partial charge in [0.25, 0.3) is 0 Å². The fraction of sp³-hybridized carbons (Fsp3) is 0.826. The molecule has 0 aromatic heterocycles. The normalized spacial score (nSPS) is 24.7. The molecule has 2 heterocycles. The van der Waals surface area contributed by atoms with Crippen LogP contribution in [0.4, 0.5) is 4.79 Å². The van der Waals surface area contributed by atoms with Crippen LogP contribution < -0.4 is 32.8 Å². The van der Waals surface area contributed by atoms with Crippen LogP contribution in [0, 0.1) is 0 Å². The van der Waals surface area contributed by atoms with Gasteiger partial charge in [0.2, 0.25) is 5.91 Å². The quantitative estimate of drug-likeness (QED) is 0.0893. The van der Waals surface area contributed by atoms with Gasteiger partial charge >= 0.3 is 6.03 Å². The van der Waals surface area contributed by atoms with Crippen molar-refractivity contribution in [1.29, 1.82) is 0 Å². The van der Waals surface area contributed by atoms with E-state index in [4.69, 9.17) is 11.6 Å². The van der Waals surface area contributed by atoms with Gasteiger partial charge in [-0.25, -0.2) is 9.80 Å². The summed E-state index contributed by atoms with van der Waals surface area (Å²) in [7, 11) is 1.96. The molecule has 8 N–H and O–H groups in total. The number of nitrogens with zero attached hydrogens (tertiary/aromatic N) is 1. The molecule has 0 aromatic rings. The largest absolute Gasteiger partial charge is 0.390 e. The van der Waals surface area contributed by atoms with Crippen LogP contribution in [0.1, 0.15) is 64.2 Å². The predicted molar refractivity (Wildman–Crippen MR) is 134 cm³/mol. The van der Waals surface area contributed by atoms with Crippen molar-refractivity contribution in [3.05, 3.63) is 11.3 Å². The summed E-state index contributed by atoms with van der Waals surface area (Å²) in [5.74, 6) is 7.28. The third-order valence-electron chi connectivity index (χ3n) is 6.92. The fourth-order valence-corrected chi connectivity index (χ4v) is 6.35. The third-order valence-corrected chi connectivity index (χ3v) is 8.43. The Hall–Kier alpha value is -1.49. The molecule has 2 aliphatic heterocycles. The van der Waals surface area contributed by atoms with Crippen LogP contribution in [0.25, 0.3) is 0 Å². The lowest BCUT2D eigenvalue weighted by atomic mass is 9.90. The first-order valence-electron chi connectivity index (χ1n) is 12.6. The molecule has 9 nitrogen and oxygen atoms in total. The third kappa shape index (κ3) is 8.35. The maximum Gasteiger partial charge on any atom is 0.315 e. The molecule has 4 unspecified atom stereocenters. The van der Waals surface area contributed by atoms with Crippen LogP contribution in [-0.2, 0) is 4.79 Å². The monoisotopic (exact) mass is 481 g/mol. The molecular weight excluding hydrogens is 438 g/mol. The van der Waals surface area contributed by atoms with E-state index in [9.17, 15) is 9.59 Å². The summed E-state index contributed by atoms with van der Waals surface area (Å²) in [6.45, 7) is 2.10. The number of hydrogen-bond donors (Lipinski definition) is 6. The molecule has 3 aliphatic rings. The topological polar surface area (TPSA) is 138 Å². The van der Waals surface area contributed by atoms with Gasteiger partial charge in [0.15, 0.2) is 0 Å². The molecule has 0 bridgehead atoms. The Morgan fingerprint density at radius 1 is 1.24 bits per heavy atom. The summed E-state index contributed by atoms with van der Waals surface area (Å²) in [6, 6.07) is 0.523. The van der Waals surface area contributed by atoms with Gasteiger partial charge in [-0.2, -0.15) is 11.8 Å². The number of nitrogens with one attached hydrogen (secondary N) is 4. The first-order chi connectivity index (χ1) is 16.0. The lowest BCUT2D eigenvalue weighted by Crippen LogP contribution is -2.44. The summed E-state index contributed by atoms with van der Waals surface area (Å²) in [6.07, 6.45) is 9.98. The molecule has 4 atom stereocenters. The number of rotatable bonds is 15. The fourth-order valence-electron chi connectivity index (χ4n) is 4.80. The minimum absolute atomic E-state index is 0.0412. The van der Waals surface area contributed by atoms with Gasteiger partial charge in [-0.05, 0) is 50.5 Å². The van der Waals surface area contributed by atoms with Gasteiger partial charge in [-0.15, -0.1) is 0 Å². The number of carbonyl (C=O) groups excluding carboxylic acids is 2. The van der Waals surface area contributed by atoms with E-state index < -0.39 is 0 Å². The van der Waals surface area contributed by atoms with Crippen LogP contribution in [0.15, 0.2) is 11.3 Å². The predicted octanol–water partition coefficient (Wildman–Crippen LogP) is 1.16. The van der Waals surface area contributed by atoms with E-state index in [0.29, 0.717) is 24.8 Å². The highest BCUT2D eigenvalue weighted by molar-refractivity contribution is 8.00. The van der Waals surface area contributed by atoms with Crippen molar-refractivity contribution in [2.24, 2.45) is 11.6 Å². The maximum absolute atomic E-state index is 12.1. The molecule has 0 spiro atoms. The van der Waals surface area contributed by atoms with Gasteiger partial charge < -0.3 is 27.0 Å². The second kappa shape index (κ2) is 13.4. The molecule has 1 aliphatic carbocycles. The minimum atomic E-state index is -0.0412. The molecular formula is C23H43N7O2S. The van der Waals surface area contributed by atoms with Crippen LogP contribution >= 0.6 is 11.8 Å². The molecule has 3 rings (SSSR count). The molecule has 0 radical (unpaired) electrons. The molecule has 10 heteroatoms. The van der Waals surface area contributed by atoms with E-state index in [1.807, 2.05) is 23.8 Å². The summed E-state index contributed by atoms with van der Waals surface area (Å²) < 4.78 is 0. The van der Waals surface area contributed by atoms with Crippen molar-refractivity contribution in [3.8, 4) is 0 Å². The lowest BCUT2D eigenvalue weighted by molar-refractivity contribution is -0.121. The first kappa shape index (κ1) is 26.1. The standard InChI is InChI=1S/C23H43N7O2S/c1-26-18(16-7-6-8-16)14-30(25)13-17(24)9-4-5-12-27-21(31)11-3-2-10-20-22-19(15-33-20)28-23(32)29-22/h17,19-20,22,26H,2-15,24-25H2,1H3,(H,27,31)(H2,28,29,32). The van der Waals surface area contributed by atoms with Gasteiger partial charge in [0, 0.05) is 49.3 Å². The molecule has 188 valence electrons. The van der Waals surface area contributed by atoms with Crippen molar-refractivity contribution in [1.82, 2.24) is 26.3 Å². The Morgan fingerprint density at radius 2 is 2.06 bits per heavy atom. The Kier molecular flexibility index (Phi) is 10.6. The SMILES string of the molecule is CNC(CN(N)CC(N)CCCCNC(=O)CCCCC1SCC2NC(=O)NC21)=C1CCC1. The lowest BCUT2D eigenvalue weighted by Gasteiger charge is -2.27. The number of amides is 3. The van der Waals surface area contributed by atoms with E-state index in [2.05, 4.69) is 21.3 Å². The number of hydrogen-bond acceptors (Lipinski definition) is 7. The smallest absolute Gasteiger partial charge is 0.315 e. The number of urea groups is 1. The van der Waals surface area contributed by atoms with Crippen LogP contribution in [0.5, 0.6) is 0 Å². The van der Waals surface area contributed by atoms with Gasteiger partial charge in [-0.3, -0.25) is 10.6 Å². The Balaban J connectivity index is 1.16. The van der Waals surface area contributed by atoms with Gasteiger partial charge in [0.1, 0.15) is 0 Å². The second-order valence-electron chi connectivity index (χ2n) is 9.59. The number of carbonyl (C=O) groups is 2. The zero-order valence-electron chi connectivity index (χ0n) is 20.0. The highest BCUT2D eigenvalue weighted by atomic mass is 32.2. The van der Waals surface area contributed by atoms with Crippen molar-refractivity contribution in [2.45, 2.75) is 87.6 Å². The van der Waals surface area contributed by atoms with Gasteiger partial charge in [-0.1, -0.05) is 12.8 Å². The van der Waals surface area contributed by atoms with Crippen LogP contribution in [0.2, 0.25) is 0 Å². The number of unbranched alkanes of at least 4 members (excludes halogenated alkanes) is 2. The maximum atomic E-state index is 12.1. The van der Waals surface area contributed by atoms with E-state index in [-0.39, 0.29) is 30.1 Å². The molecule has 0 aromatic carbocycles. The molecule has 3 amide bonds. The molecule has 3 fully saturated rings. The van der Waals surface area contributed by atoms with Crippen molar-refractivity contribution < 1.29 is 9.59 Å². The number of hydrazine groups is 1. The van der Waals surface area contributed by atoms with Crippen molar-refractivity contribution >= 4 is 23.7 Å². The molecule has 2 saturated heterocycles. The van der Waals surface area contributed by atoms with E-state index >= 15 is 0 Å². The van der Waals surface area contributed by atoms with E-state index in [1.54, 1.807) is 0 Å². The van der Waals surface area contributed by atoms with E-state index in [1.165, 1.54) is 30.5 Å². The molecule has 33 heavy (non-hydrogen) atoms. The molecule has 1 saturated carbocycles. The zero-order valence-corrected chi connectivity index (χ0v) is 20.9. The number of thioether (sulfide) groups is 1. The van der Waals surface area contributed by atoms with Crippen molar-refractivity contribution in [3.63, 3.8) is 0 Å². The zero-order chi connectivity index (χ0) is 23.6. The summed E-state index contributed by atoms with van der Waals surface area (Å²) in [5, 5.41) is 14.6. The van der Waals surface area contributed by atoms with E-state index in [0.717, 1.165) is 50.8 Å².